The van der Waals surface area contributed by atoms with Gasteiger partial charge in [-0.2, -0.15) is 0 Å². The number of aryl methyl sites for hydroxylation is 1. The normalized spacial score (nSPS) is 19.2. The summed E-state index contributed by atoms with van der Waals surface area (Å²) in [6.07, 6.45) is 2.27. The molecule has 1 saturated heterocycles. The summed E-state index contributed by atoms with van der Waals surface area (Å²) < 4.78 is 0. The second-order valence-electron chi connectivity index (χ2n) is 5.67. The minimum Gasteiger partial charge on any atom is -0.306 e. The van der Waals surface area contributed by atoms with Crippen LogP contribution in [0.5, 0.6) is 0 Å². The molecule has 0 spiro atoms. The SMILES string of the molecule is CCc1csc(CN[C@@H]2CCN(Cc3ccccc3)C2)n1. The third kappa shape index (κ3) is 4.13. The molecule has 1 N–H and O–H groups in total. The van der Waals surface area contributed by atoms with Crippen molar-refractivity contribution in [2.75, 3.05) is 13.1 Å². The third-order valence-electron chi connectivity index (χ3n) is 4.02. The number of aromatic nitrogens is 1. The molecular formula is C17H23N3S. The molecule has 1 atom stereocenters. The first-order chi connectivity index (χ1) is 10.3. The molecule has 2 heterocycles. The summed E-state index contributed by atoms with van der Waals surface area (Å²) in [5.74, 6) is 0. The fourth-order valence-corrected chi connectivity index (χ4v) is 3.64. The quantitative estimate of drug-likeness (QED) is 0.889. The molecule has 4 heteroatoms. The predicted molar refractivity (Wildman–Crippen MR) is 88.5 cm³/mol. The minimum absolute atomic E-state index is 0.600. The van der Waals surface area contributed by atoms with Crippen LogP contribution in [0.3, 0.4) is 0 Å². The summed E-state index contributed by atoms with van der Waals surface area (Å²) >= 11 is 1.77. The molecule has 0 amide bonds. The number of hydrogen-bond acceptors (Lipinski definition) is 4. The standard InChI is InChI=1S/C17H23N3S/c1-2-15-13-21-17(19-15)10-18-16-8-9-20(12-16)11-14-6-4-3-5-7-14/h3-7,13,16,18H,2,8-12H2,1H3/t16-/m1/s1. The van der Waals surface area contributed by atoms with Gasteiger partial charge in [-0.25, -0.2) is 4.98 Å². The van der Waals surface area contributed by atoms with Gasteiger partial charge in [0, 0.05) is 37.6 Å². The maximum absolute atomic E-state index is 4.62. The lowest BCUT2D eigenvalue weighted by Gasteiger charge is -2.16. The molecule has 1 aliphatic rings. The highest BCUT2D eigenvalue weighted by molar-refractivity contribution is 7.09. The fraction of sp³-hybridized carbons (Fsp3) is 0.471. The highest BCUT2D eigenvalue weighted by Crippen LogP contribution is 2.15. The van der Waals surface area contributed by atoms with Gasteiger partial charge in [-0.15, -0.1) is 11.3 Å². The van der Waals surface area contributed by atoms with Gasteiger partial charge in [0.2, 0.25) is 0 Å². The summed E-state index contributed by atoms with van der Waals surface area (Å²) in [7, 11) is 0. The van der Waals surface area contributed by atoms with Gasteiger partial charge in [-0.1, -0.05) is 37.3 Å². The van der Waals surface area contributed by atoms with Crippen molar-refractivity contribution in [1.29, 1.82) is 0 Å². The van der Waals surface area contributed by atoms with Crippen molar-refractivity contribution in [3.8, 4) is 0 Å². The van der Waals surface area contributed by atoms with E-state index in [1.807, 2.05) is 0 Å². The first-order valence-electron chi connectivity index (χ1n) is 7.76. The number of benzene rings is 1. The monoisotopic (exact) mass is 301 g/mol. The Morgan fingerprint density at radius 3 is 2.95 bits per heavy atom. The van der Waals surface area contributed by atoms with E-state index >= 15 is 0 Å². The smallest absolute Gasteiger partial charge is 0.107 e. The molecule has 1 aromatic heterocycles. The van der Waals surface area contributed by atoms with E-state index < -0.39 is 0 Å². The zero-order valence-corrected chi connectivity index (χ0v) is 13.4. The van der Waals surface area contributed by atoms with Gasteiger partial charge in [-0.05, 0) is 18.4 Å². The molecule has 0 saturated carbocycles. The summed E-state index contributed by atoms with van der Waals surface area (Å²) in [6, 6.07) is 11.3. The molecule has 1 aromatic carbocycles. The fourth-order valence-electron chi connectivity index (χ4n) is 2.81. The summed E-state index contributed by atoms with van der Waals surface area (Å²) in [6.45, 7) is 6.46. The first-order valence-corrected chi connectivity index (χ1v) is 8.64. The van der Waals surface area contributed by atoms with Gasteiger partial charge in [-0.3, -0.25) is 4.90 Å². The maximum Gasteiger partial charge on any atom is 0.107 e. The van der Waals surface area contributed by atoms with Crippen LogP contribution < -0.4 is 5.32 Å². The first kappa shape index (κ1) is 14.7. The van der Waals surface area contributed by atoms with Gasteiger partial charge >= 0.3 is 0 Å². The van der Waals surface area contributed by atoms with Crippen LogP contribution in [0.2, 0.25) is 0 Å². The Hall–Kier alpha value is -1.23. The summed E-state index contributed by atoms with van der Waals surface area (Å²) in [5, 5.41) is 7.05. The number of rotatable bonds is 6. The number of nitrogens with one attached hydrogen (secondary N) is 1. The lowest BCUT2D eigenvalue weighted by atomic mass is 10.2. The van der Waals surface area contributed by atoms with Gasteiger partial charge in [0.05, 0.1) is 5.69 Å². The van der Waals surface area contributed by atoms with Gasteiger partial charge in [0.15, 0.2) is 0 Å². The van der Waals surface area contributed by atoms with Gasteiger partial charge < -0.3 is 5.32 Å². The molecule has 0 unspecified atom stereocenters. The van der Waals surface area contributed by atoms with Crippen molar-refractivity contribution >= 4 is 11.3 Å². The van der Waals surface area contributed by atoms with Gasteiger partial charge in [0.1, 0.15) is 5.01 Å². The average Bonchev–Trinajstić information content (AvgIpc) is 3.15. The molecule has 1 fully saturated rings. The van der Waals surface area contributed by atoms with Crippen molar-refractivity contribution in [3.63, 3.8) is 0 Å². The molecule has 0 aliphatic carbocycles. The van der Waals surface area contributed by atoms with Crippen LogP contribution in [-0.4, -0.2) is 29.0 Å². The van der Waals surface area contributed by atoms with E-state index in [0.29, 0.717) is 6.04 Å². The molecule has 3 nitrogen and oxygen atoms in total. The molecule has 21 heavy (non-hydrogen) atoms. The van der Waals surface area contributed by atoms with Crippen molar-refractivity contribution in [2.45, 2.75) is 38.9 Å². The van der Waals surface area contributed by atoms with E-state index in [4.69, 9.17) is 0 Å². The van der Waals surface area contributed by atoms with Gasteiger partial charge in [0.25, 0.3) is 0 Å². The van der Waals surface area contributed by atoms with Crippen LogP contribution in [-0.2, 0) is 19.5 Å². The van der Waals surface area contributed by atoms with E-state index in [2.05, 4.69) is 57.8 Å². The van der Waals surface area contributed by atoms with Crippen LogP contribution in [0, 0.1) is 0 Å². The highest BCUT2D eigenvalue weighted by atomic mass is 32.1. The number of likely N-dealkylation sites (tertiary alicyclic amines) is 1. The average molecular weight is 301 g/mol. The van der Waals surface area contributed by atoms with Crippen LogP contribution in [0.4, 0.5) is 0 Å². The molecule has 2 aromatic rings. The zero-order valence-electron chi connectivity index (χ0n) is 12.6. The van der Waals surface area contributed by atoms with Crippen molar-refractivity contribution in [3.05, 3.63) is 52.0 Å². The highest BCUT2D eigenvalue weighted by Gasteiger charge is 2.22. The largest absolute Gasteiger partial charge is 0.306 e. The Bertz CT molecular complexity index is 552. The van der Waals surface area contributed by atoms with Crippen molar-refractivity contribution < 1.29 is 0 Å². The Labute approximate surface area is 131 Å². The lowest BCUT2D eigenvalue weighted by molar-refractivity contribution is 0.320. The van der Waals surface area contributed by atoms with E-state index in [1.165, 1.54) is 29.2 Å². The Balaban J connectivity index is 1.44. The van der Waals surface area contributed by atoms with E-state index in [-0.39, 0.29) is 0 Å². The number of nitrogens with zero attached hydrogens (tertiary/aromatic N) is 2. The van der Waals surface area contributed by atoms with Crippen molar-refractivity contribution in [2.24, 2.45) is 0 Å². The molecule has 0 bridgehead atoms. The van der Waals surface area contributed by atoms with E-state index in [1.54, 1.807) is 11.3 Å². The van der Waals surface area contributed by atoms with E-state index in [9.17, 15) is 0 Å². The molecule has 1 aliphatic heterocycles. The van der Waals surface area contributed by atoms with Crippen LogP contribution in [0.15, 0.2) is 35.7 Å². The van der Waals surface area contributed by atoms with Crippen LogP contribution in [0.25, 0.3) is 0 Å². The second-order valence-corrected chi connectivity index (χ2v) is 6.62. The summed E-state index contributed by atoms with van der Waals surface area (Å²) in [4.78, 5) is 7.15. The Morgan fingerprint density at radius 1 is 1.33 bits per heavy atom. The van der Waals surface area contributed by atoms with Crippen molar-refractivity contribution in [1.82, 2.24) is 15.2 Å². The molecule has 0 radical (unpaired) electrons. The molecule has 112 valence electrons. The lowest BCUT2D eigenvalue weighted by Crippen LogP contribution is -2.31. The molecular weight excluding hydrogens is 278 g/mol. The van der Waals surface area contributed by atoms with E-state index in [0.717, 1.165) is 26.1 Å². The van der Waals surface area contributed by atoms with Crippen LogP contribution in [0.1, 0.15) is 29.6 Å². The Kier molecular flexibility index (Phi) is 5.01. The third-order valence-corrected chi connectivity index (χ3v) is 4.92. The maximum atomic E-state index is 4.62. The topological polar surface area (TPSA) is 28.2 Å². The zero-order chi connectivity index (χ0) is 14.5. The second kappa shape index (κ2) is 7.16. The minimum atomic E-state index is 0.600. The Morgan fingerprint density at radius 2 is 2.19 bits per heavy atom. The predicted octanol–water partition coefficient (Wildman–Crippen LogP) is 3.07. The number of thiazole rings is 1. The molecule has 3 rings (SSSR count). The van der Waals surface area contributed by atoms with Crippen LogP contribution >= 0.6 is 11.3 Å². The number of hydrogen-bond donors (Lipinski definition) is 1. The summed E-state index contributed by atoms with van der Waals surface area (Å²) in [5.41, 5.74) is 2.62.